The zero-order valence-electron chi connectivity index (χ0n) is 12.4. The van der Waals surface area contributed by atoms with Crippen LogP contribution in [0.15, 0.2) is 24.3 Å². The summed E-state index contributed by atoms with van der Waals surface area (Å²) >= 11 is 0. The quantitative estimate of drug-likeness (QED) is 0.852. The predicted octanol–water partition coefficient (Wildman–Crippen LogP) is 1.93. The Morgan fingerprint density at radius 1 is 1.14 bits per heavy atom. The summed E-state index contributed by atoms with van der Waals surface area (Å²) in [7, 11) is -3.53. The van der Waals surface area contributed by atoms with Gasteiger partial charge in [0, 0.05) is 19.6 Å². The van der Waals surface area contributed by atoms with Gasteiger partial charge in [0.05, 0.1) is 19.3 Å². The van der Waals surface area contributed by atoms with E-state index in [1.165, 1.54) is 20.7 Å². The standard InChI is InChI=1S/C15H21FN2O3S/c16-14-5-3-4-13(12-14)15-6-1-2-7-18(15)22(19,20)17-8-10-21-11-9-17/h3-5,12,15H,1-2,6-11H2/t15-/m0/s1. The Bertz CT molecular complexity index is 617. The van der Waals surface area contributed by atoms with Crippen molar-refractivity contribution in [2.75, 3.05) is 32.8 Å². The fourth-order valence-electron chi connectivity index (χ4n) is 3.15. The Balaban J connectivity index is 1.88. The first-order chi connectivity index (χ1) is 10.6. The van der Waals surface area contributed by atoms with E-state index in [1.807, 2.05) is 0 Å². The van der Waals surface area contributed by atoms with Crippen molar-refractivity contribution >= 4 is 10.2 Å². The summed E-state index contributed by atoms with van der Waals surface area (Å²) in [4.78, 5) is 0. The van der Waals surface area contributed by atoms with Crippen molar-refractivity contribution in [3.05, 3.63) is 35.6 Å². The number of nitrogens with zero attached hydrogens (tertiary/aromatic N) is 2. The lowest BCUT2D eigenvalue weighted by Crippen LogP contribution is -2.50. The van der Waals surface area contributed by atoms with Gasteiger partial charge < -0.3 is 4.74 Å². The van der Waals surface area contributed by atoms with Gasteiger partial charge in [0.25, 0.3) is 10.2 Å². The van der Waals surface area contributed by atoms with Crippen LogP contribution in [0.25, 0.3) is 0 Å². The van der Waals surface area contributed by atoms with Crippen molar-refractivity contribution in [1.29, 1.82) is 0 Å². The van der Waals surface area contributed by atoms with Crippen LogP contribution in [0.4, 0.5) is 4.39 Å². The molecule has 0 aliphatic carbocycles. The van der Waals surface area contributed by atoms with E-state index in [-0.39, 0.29) is 11.9 Å². The van der Waals surface area contributed by atoms with E-state index in [1.54, 1.807) is 12.1 Å². The SMILES string of the molecule is O=S(=O)(N1CCOCC1)N1CCCC[C@H]1c1cccc(F)c1. The number of benzene rings is 1. The third-order valence-corrected chi connectivity index (χ3v) is 6.33. The van der Waals surface area contributed by atoms with E-state index >= 15 is 0 Å². The molecular weight excluding hydrogens is 307 g/mol. The summed E-state index contributed by atoms with van der Waals surface area (Å²) in [6.07, 6.45) is 2.53. The van der Waals surface area contributed by atoms with Gasteiger partial charge in [-0.25, -0.2) is 4.39 Å². The lowest BCUT2D eigenvalue weighted by atomic mass is 9.97. The van der Waals surface area contributed by atoms with Gasteiger partial charge in [-0.3, -0.25) is 0 Å². The molecule has 2 fully saturated rings. The van der Waals surface area contributed by atoms with Gasteiger partial charge in [-0.1, -0.05) is 18.6 Å². The number of morpholine rings is 1. The Morgan fingerprint density at radius 3 is 2.64 bits per heavy atom. The highest BCUT2D eigenvalue weighted by molar-refractivity contribution is 7.86. The normalized spacial score (nSPS) is 25.2. The van der Waals surface area contributed by atoms with Crippen LogP contribution in [0.1, 0.15) is 30.9 Å². The number of ether oxygens (including phenoxy) is 1. The Labute approximate surface area is 130 Å². The van der Waals surface area contributed by atoms with Gasteiger partial charge in [-0.2, -0.15) is 17.0 Å². The summed E-state index contributed by atoms with van der Waals surface area (Å²) in [6, 6.07) is 5.99. The molecule has 1 atom stereocenters. The fraction of sp³-hybridized carbons (Fsp3) is 0.600. The van der Waals surface area contributed by atoms with Crippen LogP contribution in [-0.2, 0) is 14.9 Å². The third kappa shape index (κ3) is 3.17. The molecule has 0 unspecified atom stereocenters. The van der Waals surface area contributed by atoms with Crippen LogP contribution in [0.2, 0.25) is 0 Å². The first kappa shape index (κ1) is 15.9. The minimum Gasteiger partial charge on any atom is -0.379 e. The maximum Gasteiger partial charge on any atom is 0.282 e. The van der Waals surface area contributed by atoms with E-state index < -0.39 is 10.2 Å². The number of hydrogen-bond donors (Lipinski definition) is 0. The first-order valence-corrected chi connectivity index (χ1v) is 9.09. The second-order valence-corrected chi connectivity index (χ2v) is 7.58. The summed E-state index contributed by atoms with van der Waals surface area (Å²) in [6.45, 7) is 2.11. The van der Waals surface area contributed by atoms with Crippen molar-refractivity contribution in [2.45, 2.75) is 25.3 Å². The van der Waals surface area contributed by atoms with Gasteiger partial charge in [0.2, 0.25) is 0 Å². The molecule has 0 radical (unpaired) electrons. The van der Waals surface area contributed by atoms with E-state index in [0.29, 0.717) is 32.8 Å². The molecule has 5 nitrogen and oxygen atoms in total. The van der Waals surface area contributed by atoms with Crippen LogP contribution in [-0.4, -0.2) is 49.9 Å². The monoisotopic (exact) mass is 328 g/mol. The Hall–Kier alpha value is -1.02. The largest absolute Gasteiger partial charge is 0.379 e. The smallest absolute Gasteiger partial charge is 0.282 e. The van der Waals surface area contributed by atoms with Crippen LogP contribution in [0.3, 0.4) is 0 Å². The second-order valence-electron chi connectivity index (χ2n) is 5.70. The minimum absolute atomic E-state index is 0.280. The van der Waals surface area contributed by atoms with Gasteiger partial charge in [0.1, 0.15) is 5.82 Å². The number of hydrogen-bond acceptors (Lipinski definition) is 3. The highest BCUT2D eigenvalue weighted by Crippen LogP contribution is 2.34. The van der Waals surface area contributed by atoms with Crippen molar-refractivity contribution in [1.82, 2.24) is 8.61 Å². The van der Waals surface area contributed by atoms with Crippen LogP contribution in [0, 0.1) is 5.82 Å². The number of halogens is 1. The molecule has 0 saturated carbocycles. The molecule has 0 amide bonds. The molecule has 0 spiro atoms. The van der Waals surface area contributed by atoms with E-state index in [0.717, 1.165) is 24.8 Å². The van der Waals surface area contributed by atoms with Gasteiger partial charge >= 0.3 is 0 Å². The first-order valence-electron chi connectivity index (χ1n) is 7.69. The fourth-order valence-corrected chi connectivity index (χ4v) is 4.97. The molecule has 2 aliphatic heterocycles. The number of rotatable bonds is 3. The molecule has 0 N–H and O–H groups in total. The Kier molecular flexibility index (Phi) is 4.77. The molecule has 0 bridgehead atoms. The topological polar surface area (TPSA) is 49.9 Å². The number of piperidine rings is 1. The second kappa shape index (κ2) is 6.62. The maximum atomic E-state index is 13.5. The third-order valence-electron chi connectivity index (χ3n) is 4.28. The maximum absolute atomic E-state index is 13.5. The average molecular weight is 328 g/mol. The molecule has 2 heterocycles. The van der Waals surface area contributed by atoms with Crippen LogP contribution < -0.4 is 0 Å². The molecule has 3 rings (SSSR count). The highest BCUT2D eigenvalue weighted by Gasteiger charge is 2.37. The lowest BCUT2D eigenvalue weighted by molar-refractivity contribution is 0.0682. The van der Waals surface area contributed by atoms with Gasteiger partial charge in [-0.15, -0.1) is 0 Å². The molecule has 22 heavy (non-hydrogen) atoms. The van der Waals surface area contributed by atoms with E-state index in [9.17, 15) is 12.8 Å². The summed E-state index contributed by atoms with van der Waals surface area (Å²) in [5.74, 6) is -0.327. The van der Waals surface area contributed by atoms with Crippen molar-refractivity contribution < 1.29 is 17.5 Å². The zero-order valence-corrected chi connectivity index (χ0v) is 13.3. The van der Waals surface area contributed by atoms with Crippen molar-refractivity contribution in [2.24, 2.45) is 0 Å². The summed E-state index contributed by atoms with van der Waals surface area (Å²) < 4.78 is 47.6. The van der Waals surface area contributed by atoms with Crippen molar-refractivity contribution in [3.63, 3.8) is 0 Å². The molecular formula is C15H21FN2O3S. The molecule has 1 aromatic rings. The van der Waals surface area contributed by atoms with E-state index in [2.05, 4.69) is 0 Å². The van der Waals surface area contributed by atoms with Gasteiger partial charge in [0.15, 0.2) is 0 Å². The molecule has 2 aliphatic rings. The molecule has 7 heteroatoms. The Morgan fingerprint density at radius 2 is 1.91 bits per heavy atom. The van der Waals surface area contributed by atoms with Crippen molar-refractivity contribution in [3.8, 4) is 0 Å². The highest BCUT2D eigenvalue weighted by atomic mass is 32.2. The van der Waals surface area contributed by atoms with Crippen LogP contribution in [0.5, 0.6) is 0 Å². The average Bonchev–Trinajstić information content (AvgIpc) is 2.56. The van der Waals surface area contributed by atoms with Crippen LogP contribution >= 0.6 is 0 Å². The summed E-state index contributed by atoms with van der Waals surface area (Å²) in [5.41, 5.74) is 0.733. The molecule has 0 aromatic heterocycles. The molecule has 2 saturated heterocycles. The predicted molar refractivity (Wildman–Crippen MR) is 81.0 cm³/mol. The lowest BCUT2D eigenvalue weighted by Gasteiger charge is -2.39. The molecule has 122 valence electrons. The minimum atomic E-state index is -3.53. The zero-order chi connectivity index (χ0) is 15.6. The molecule has 1 aromatic carbocycles. The van der Waals surface area contributed by atoms with E-state index in [4.69, 9.17) is 4.74 Å². The van der Waals surface area contributed by atoms with Gasteiger partial charge in [-0.05, 0) is 30.5 Å². The summed E-state index contributed by atoms with van der Waals surface area (Å²) in [5, 5.41) is 0.